The first kappa shape index (κ1) is 11.1. The van der Waals surface area contributed by atoms with Crippen LogP contribution in [-0.4, -0.2) is 23.0 Å². The molecule has 4 heteroatoms. The summed E-state index contributed by atoms with van der Waals surface area (Å²) in [6.45, 7) is 0. The van der Waals surface area contributed by atoms with Gasteiger partial charge in [-0.15, -0.1) is 0 Å². The smallest absolute Gasteiger partial charge is 0.326 e. The highest BCUT2D eigenvalue weighted by molar-refractivity contribution is 5.89. The fourth-order valence-electron chi connectivity index (χ4n) is 3.95. The van der Waals surface area contributed by atoms with Crippen LogP contribution in [0.4, 0.5) is 0 Å². The second-order valence-electron chi connectivity index (χ2n) is 6.07. The summed E-state index contributed by atoms with van der Waals surface area (Å²) < 4.78 is 0. The van der Waals surface area contributed by atoms with E-state index in [-0.39, 0.29) is 11.3 Å². The lowest BCUT2D eigenvalue weighted by Crippen LogP contribution is -2.46. The SMILES string of the molecule is O=C1CC2(CCCC(C3CC3)C2)C(C(=O)O)N1. The lowest BCUT2D eigenvalue weighted by molar-refractivity contribution is -0.143. The highest BCUT2D eigenvalue weighted by Crippen LogP contribution is 2.53. The van der Waals surface area contributed by atoms with Gasteiger partial charge in [-0.25, -0.2) is 4.79 Å². The van der Waals surface area contributed by atoms with E-state index < -0.39 is 12.0 Å². The third-order valence-electron chi connectivity index (χ3n) is 4.88. The van der Waals surface area contributed by atoms with Crippen LogP contribution in [0.25, 0.3) is 0 Å². The Hall–Kier alpha value is -1.06. The van der Waals surface area contributed by atoms with E-state index in [0.717, 1.165) is 25.2 Å². The maximum Gasteiger partial charge on any atom is 0.326 e. The van der Waals surface area contributed by atoms with Crippen molar-refractivity contribution in [3.8, 4) is 0 Å². The van der Waals surface area contributed by atoms with Crippen LogP contribution in [0.1, 0.15) is 44.9 Å². The molecule has 3 rings (SSSR count). The molecule has 3 aliphatic rings. The standard InChI is InChI=1S/C13H19NO3/c15-10-7-13(11(14-10)12(16)17)5-1-2-9(6-13)8-3-4-8/h8-9,11H,1-7H2,(H,14,15)(H,16,17). The third-order valence-corrected chi connectivity index (χ3v) is 4.88. The summed E-state index contributed by atoms with van der Waals surface area (Å²) in [6.07, 6.45) is 7.18. The van der Waals surface area contributed by atoms with Crippen molar-refractivity contribution in [2.45, 2.75) is 51.0 Å². The number of amides is 1. The van der Waals surface area contributed by atoms with Gasteiger partial charge < -0.3 is 10.4 Å². The molecule has 0 aromatic heterocycles. The van der Waals surface area contributed by atoms with Gasteiger partial charge in [-0.3, -0.25) is 4.79 Å². The third kappa shape index (κ3) is 1.83. The van der Waals surface area contributed by atoms with Crippen LogP contribution >= 0.6 is 0 Å². The number of carbonyl (C=O) groups is 2. The molecule has 17 heavy (non-hydrogen) atoms. The van der Waals surface area contributed by atoms with Gasteiger partial charge in [-0.1, -0.05) is 12.8 Å². The second kappa shape index (κ2) is 3.72. The largest absolute Gasteiger partial charge is 0.480 e. The van der Waals surface area contributed by atoms with Crippen LogP contribution in [0.3, 0.4) is 0 Å². The predicted molar refractivity (Wildman–Crippen MR) is 61.3 cm³/mol. The van der Waals surface area contributed by atoms with Gasteiger partial charge in [-0.2, -0.15) is 0 Å². The maximum absolute atomic E-state index is 11.5. The van der Waals surface area contributed by atoms with Crippen LogP contribution in [0.15, 0.2) is 0 Å². The van der Waals surface area contributed by atoms with Gasteiger partial charge in [0.2, 0.25) is 5.91 Å². The average molecular weight is 237 g/mol. The summed E-state index contributed by atoms with van der Waals surface area (Å²) in [4.78, 5) is 22.8. The maximum atomic E-state index is 11.5. The number of hydrogen-bond acceptors (Lipinski definition) is 2. The fraction of sp³-hybridized carbons (Fsp3) is 0.846. The van der Waals surface area contributed by atoms with Gasteiger partial charge in [0.25, 0.3) is 0 Å². The van der Waals surface area contributed by atoms with Crippen LogP contribution in [0.2, 0.25) is 0 Å². The zero-order chi connectivity index (χ0) is 12.0. The van der Waals surface area contributed by atoms with E-state index in [1.165, 1.54) is 19.3 Å². The molecule has 0 aromatic rings. The number of carbonyl (C=O) groups excluding carboxylic acids is 1. The van der Waals surface area contributed by atoms with Crippen molar-refractivity contribution >= 4 is 11.9 Å². The number of carboxylic acid groups (broad SMARTS) is 1. The number of hydrogen-bond donors (Lipinski definition) is 2. The molecule has 2 aliphatic carbocycles. The number of carboxylic acids is 1. The summed E-state index contributed by atoms with van der Waals surface area (Å²) >= 11 is 0. The van der Waals surface area contributed by atoms with Gasteiger partial charge in [0.05, 0.1) is 0 Å². The molecular formula is C13H19NO3. The molecule has 0 bridgehead atoms. The van der Waals surface area contributed by atoms with E-state index in [2.05, 4.69) is 5.32 Å². The molecule has 1 saturated heterocycles. The molecule has 3 unspecified atom stereocenters. The summed E-state index contributed by atoms with van der Waals surface area (Å²) in [5, 5.41) is 11.9. The zero-order valence-electron chi connectivity index (χ0n) is 9.95. The molecule has 2 saturated carbocycles. The molecule has 1 aliphatic heterocycles. The molecule has 3 fully saturated rings. The first-order valence-corrected chi connectivity index (χ1v) is 6.63. The summed E-state index contributed by atoms with van der Waals surface area (Å²) in [7, 11) is 0. The molecule has 94 valence electrons. The minimum absolute atomic E-state index is 0.0751. The summed E-state index contributed by atoms with van der Waals surface area (Å²) in [5.74, 6) is 0.553. The quantitative estimate of drug-likeness (QED) is 0.765. The van der Waals surface area contributed by atoms with E-state index >= 15 is 0 Å². The van der Waals surface area contributed by atoms with Crippen LogP contribution < -0.4 is 5.32 Å². The second-order valence-corrected chi connectivity index (χ2v) is 6.07. The Kier molecular flexibility index (Phi) is 2.42. The molecule has 0 radical (unpaired) electrons. The van der Waals surface area contributed by atoms with Crippen molar-refractivity contribution in [1.29, 1.82) is 0 Å². The van der Waals surface area contributed by atoms with Crippen molar-refractivity contribution in [1.82, 2.24) is 5.32 Å². The fourth-order valence-corrected chi connectivity index (χ4v) is 3.95. The van der Waals surface area contributed by atoms with Crippen molar-refractivity contribution < 1.29 is 14.7 Å². The molecule has 4 nitrogen and oxygen atoms in total. The van der Waals surface area contributed by atoms with Crippen molar-refractivity contribution in [3.05, 3.63) is 0 Å². The Morgan fingerprint density at radius 2 is 2.06 bits per heavy atom. The number of rotatable bonds is 2. The van der Waals surface area contributed by atoms with E-state index in [1.54, 1.807) is 0 Å². The van der Waals surface area contributed by atoms with Crippen LogP contribution in [-0.2, 0) is 9.59 Å². The minimum Gasteiger partial charge on any atom is -0.480 e. The summed E-state index contributed by atoms with van der Waals surface area (Å²) in [5.41, 5.74) is -0.283. The van der Waals surface area contributed by atoms with E-state index in [0.29, 0.717) is 12.3 Å². The molecule has 1 heterocycles. The van der Waals surface area contributed by atoms with Gasteiger partial charge >= 0.3 is 5.97 Å². The van der Waals surface area contributed by atoms with E-state index in [9.17, 15) is 14.7 Å². The van der Waals surface area contributed by atoms with Gasteiger partial charge in [0.15, 0.2) is 0 Å². The van der Waals surface area contributed by atoms with E-state index in [1.807, 2.05) is 0 Å². The highest BCUT2D eigenvalue weighted by atomic mass is 16.4. The zero-order valence-corrected chi connectivity index (χ0v) is 9.95. The number of aliphatic carboxylic acids is 1. The van der Waals surface area contributed by atoms with E-state index in [4.69, 9.17) is 0 Å². The number of nitrogens with one attached hydrogen (secondary N) is 1. The molecular weight excluding hydrogens is 218 g/mol. The minimum atomic E-state index is -0.854. The highest BCUT2D eigenvalue weighted by Gasteiger charge is 2.53. The van der Waals surface area contributed by atoms with Gasteiger partial charge in [-0.05, 0) is 37.5 Å². The Labute approximate surface area is 101 Å². The Bertz CT molecular complexity index is 364. The summed E-state index contributed by atoms with van der Waals surface area (Å²) in [6, 6.07) is -0.642. The Morgan fingerprint density at radius 3 is 2.71 bits per heavy atom. The van der Waals surface area contributed by atoms with Crippen molar-refractivity contribution in [2.24, 2.45) is 17.3 Å². The molecule has 2 N–H and O–H groups in total. The van der Waals surface area contributed by atoms with Gasteiger partial charge in [0, 0.05) is 11.8 Å². The molecule has 0 aromatic carbocycles. The monoisotopic (exact) mass is 237 g/mol. The molecule has 1 amide bonds. The van der Waals surface area contributed by atoms with Crippen molar-refractivity contribution in [3.63, 3.8) is 0 Å². The lowest BCUT2D eigenvalue weighted by atomic mass is 9.64. The Morgan fingerprint density at radius 1 is 1.29 bits per heavy atom. The molecule has 1 spiro atoms. The topological polar surface area (TPSA) is 66.4 Å². The first-order chi connectivity index (χ1) is 8.11. The van der Waals surface area contributed by atoms with Crippen LogP contribution in [0, 0.1) is 17.3 Å². The Balaban J connectivity index is 1.82. The van der Waals surface area contributed by atoms with Crippen molar-refractivity contribution in [2.75, 3.05) is 0 Å². The molecule has 3 atom stereocenters. The first-order valence-electron chi connectivity index (χ1n) is 6.63. The van der Waals surface area contributed by atoms with Gasteiger partial charge in [0.1, 0.15) is 6.04 Å². The average Bonchev–Trinajstić information content (AvgIpc) is 3.05. The normalized spacial score (nSPS) is 41.5. The van der Waals surface area contributed by atoms with Crippen LogP contribution in [0.5, 0.6) is 0 Å². The lowest BCUT2D eigenvalue weighted by Gasteiger charge is -2.39. The predicted octanol–water partition coefficient (Wildman–Crippen LogP) is 1.55.